The summed E-state index contributed by atoms with van der Waals surface area (Å²) in [4.78, 5) is 27.6. The summed E-state index contributed by atoms with van der Waals surface area (Å²) in [7, 11) is 0. The number of halogens is 3. The predicted molar refractivity (Wildman–Crippen MR) is 81.6 cm³/mol. The molecule has 0 saturated heterocycles. The zero-order valence-corrected chi connectivity index (χ0v) is 13.1. The Balaban J connectivity index is 2.15. The van der Waals surface area contributed by atoms with Crippen molar-refractivity contribution in [3.05, 3.63) is 64.5 Å². The van der Waals surface area contributed by atoms with Crippen molar-refractivity contribution < 1.29 is 22.8 Å². The molecule has 0 aliphatic carbocycles. The van der Waals surface area contributed by atoms with Gasteiger partial charge in [-0.25, -0.2) is 0 Å². The van der Waals surface area contributed by atoms with Gasteiger partial charge in [0.05, 0.1) is 23.4 Å². The average molecular weight is 336 g/mol. The molecule has 1 heterocycles. The lowest BCUT2D eigenvalue weighted by atomic mass is 10.1. The summed E-state index contributed by atoms with van der Waals surface area (Å²) in [6, 6.07) is 7.71. The molecule has 0 aliphatic rings. The van der Waals surface area contributed by atoms with Crippen LogP contribution in [0.5, 0.6) is 0 Å². The zero-order valence-electron chi connectivity index (χ0n) is 13.1. The van der Waals surface area contributed by atoms with Gasteiger partial charge in [0, 0.05) is 11.3 Å². The van der Waals surface area contributed by atoms with E-state index < -0.39 is 23.2 Å². The number of carbonyl (C=O) groups excluding carboxylic acids is 2. The lowest BCUT2D eigenvalue weighted by Gasteiger charge is -2.12. The molecule has 0 unspecified atom stereocenters. The van der Waals surface area contributed by atoms with Crippen LogP contribution < -0.4 is 5.32 Å². The van der Waals surface area contributed by atoms with Crippen LogP contribution in [0, 0.1) is 6.92 Å². The maximum Gasteiger partial charge on any atom is 0.417 e. The van der Waals surface area contributed by atoms with E-state index in [0.717, 1.165) is 12.1 Å². The van der Waals surface area contributed by atoms with Gasteiger partial charge in [0.1, 0.15) is 0 Å². The second-order valence-corrected chi connectivity index (χ2v) is 5.22. The van der Waals surface area contributed by atoms with Gasteiger partial charge in [0.25, 0.3) is 5.91 Å². The van der Waals surface area contributed by atoms with Crippen LogP contribution in [0.1, 0.15) is 44.6 Å². The highest BCUT2D eigenvalue weighted by molar-refractivity contribution is 5.96. The number of ketones is 1. The monoisotopic (exact) mass is 336 g/mol. The molecular formula is C17H15F3N2O2. The maximum atomic E-state index is 12.9. The smallest absolute Gasteiger partial charge is 0.346 e. The number of rotatable bonds is 4. The Hall–Kier alpha value is -2.70. The SMILES string of the molecule is CC(=O)c1ccc(CNC(=O)c2ccccc2C(F)(F)F)nc1C. The first-order valence-electron chi connectivity index (χ1n) is 7.12. The van der Waals surface area contributed by atoms with Crippen molar-refractivity contribution >= 4 is 11.7 Å². The molecule has 1 aromatic carbocycles. The lowest BCUT2D eigenvalue weighted by Crippen LogP contribution is -2.26. The molecule has 0 fully saturated rings. The van der Waals surface area contributed by atoms with Gasteiger partial charge >= 0.3 is 6.18 Å². The maximum absolute atomic E-state index is 12.9. The van der Waals surface area contributed by atoms with Gasteiger partial charge in [-0.3, -0.25) is 14.6 Å². The standard InChI is InChI=1S/C17H15F3N2O2/c1-10-13(11(2)23)8-7-12(22-10)9-21-16(24)14-5-3-4-6-15(14)17(18,19)20/h3-8H,9H2,1-2H3,(H,21,24). The first-order chi connectivity index (χ1) is 11.2. The fraction of sp³-hybridized carbons (Fsp3) is 0.235. The number of alkyl halides is 3. The van der Waals surface area contributed by atoms with E-state index in [1.54, 1.807) is 19.1 Å². The van der Waals surface area contributed by atoms with Crippen molar-refractivity contribution in [1.29, 1.82) is 0 Å². The van der Waals surface area contributed by atoms with Crippen LogP contribution in [0.2, 0.25) is 0 Å². The first kappa shape index (κ1) is 17.7. The van der Waals surface area contributed by atoms with E-state index >= 15 is 0 Å². The minimum Gasteiger partial charge on any atom is -0.346 e. The summed E-state index contributed by atoms with van der Waals surface area (Å²) in [6.45, 7) is 3.03. The molecule has 4 nitrogen and oxygen atoms in total. The fourth-order valence-electron chi connectivity index (χ4n) is 2.28. The van der Waals surface area contributed by atoms with Crippen molar-refractivity contribution in [3.8, 4) is 0 Å². The minimum absolute atomic E-state index is 0.0376. The highest BCUT2D eigenvalue weighted by Gasteiger charge is 2.34. The highest BCUT2D eigenvalue weighted by Crippen LogP contribution is 2.31. The van der Waals surface area contributed by atoms with Crippen LogP contribution in [0.15, 0.2) is 36.4 Å². The summed E-state index contributed by atoms with van der Waals surface area (Å²) in [5.41, 5.74) is -0.00609. The van der Waals surface area contributed by atoms with Crippen LogP contribution in [0.3, 0.4) is 0 Å². The van der Waals surface area contributed by atoms with E-state index in [0.29, 0.717) is 17.0 Å². The molecule has 24 heavy (non-hydrogen) atoms. The molecule has 0 atom stereocenters. The number of Topliss-reactive ketones (excluding diaryl/α,β-unsaturated/α-hetero) is 1. The molecule has 126 valence electrons. The van der Waals surface area contributed by atoms with Crippen molar-refractivity contribution in [2.45, 2.75) is 26.6 Å². The zero-order chi connectivity index (χ0) is 17.9. The summed E-state index contributed by atoms with van der Waals surface area (Å²) in [5.74, 6) is -0.965. The molecule has 0 spiro atoms. The molecular weight excluding hydrogens is 321 g/mol. The van der Waals surface area contributed by atoms with Gasteiger partial charge in [-0.2, -0.15) is 13.2 Å². The van der Waals surface area contributed by atoms with E-state index in [1.807, 2.05) is 0 Å². The summed E-state index contributed by atoms with van der Waals surface area (Å²) in [6.07, 6.45) is -4.61. The lowest BCUT2D eigenvalue weighted by molar-refractivity contribution is -0.137. The quantitative estimate of drug-likeness (QED) is 0.869. The number of pyridine rings is 1. The number of nitrogens with zero attached hydrogens (tertiary/aromatic N) is 1. The Morgan fingerprint density at radius 3 is 2.33 bits per heavy atom. The van der Waals surface area contributed by atoms with E-state index in [-0.39, 0.29) is 12.3 Å². The van der Waals surface area contributed by atoms with Crippen molar-refractivity contribution in [1.82, 2.24) is 10.3 Å². The van der Waals surface area contributed by atoms with Crippen molar-refractivity contribution in [2.24, 2.45) is 0 Å². The molecule has 7 heteroatoms. The van der Waals surface area contributed by atoms with Crippen molar-refractivity contribution in [2.75, 3.05) is 0 Å². The average Bonchev–Trinajstić information content (AvgIpc) is 2.51. The van der Waals surface area contributed by atoms with Crippen LogP contribution in [-0.2, 0) is 12.7 Å². The molecule has 0 bridgehead atoms. The Bertz CT molecular complexity index is 786. The second kappa shape index (κ2) is 6.82. The number of hydrogen-bond donors (Lipinski definition) is 1. The van der Waals surface area contributed by atoms with Gasteiger partial charge < -0.3 is 5.32 Å². The number of aromatic nitrogens is 1. The summed E-state index contributed by atoms with van der Waals surface area (Å²) in [5, 5.41) is 2.42. The fourth-order valence-corrected chi connectivity index (χ4v) is 2.28. The number of aryl methyl sites for hydroxylation is 1. The molecule has 0 radical (unpaired) electrons. The number of nitrogens with one attached hydrogen (secondary N) is 1. The molecule has 2 rings (SSSR count). The van der Waals surface area contributed by atoms with E-state index in [2.05, 4.69) is 10.3 Å². The minimum atomic E-state index is -4.61. The number of amides is 1. The second-order valence-electron chi connectivity index (χ2n) is 5.22. The Morgan fingerprint density at radius 2 is 1.75 bits per heavy atom. The van der Waals surface area contributed by atoms with Gasteiger partial charge in [-0.15, -0.1) is 0 Å². The number of benzene rings is 1. The molecule has 0 aliphatic heterocycles. The molecule has 1 amide bonds. The van der Waals surface area contributed by atoms with Crippen LogP contribution >= 0.6 is 0 Å². The Morgan fingerprint density at radius 1 is 1.08 bits per heavy atom. The third-order valence-corrected chi connectivity index (χ3v) is 3.43. The van der Waals surface area contributed by atoms with Gasteiger partial charge in [-0.1, -0.05) is 12.1 Å². The molecule has 0 saturated carbocycles. The molecule has 1 aromatic heterocycles. The van der Waals surface area contributed by atoms with E-state index in [4.69, 9.17) is 0 Å². The highest BCUT2D eigenvalue weighted by atomic mass is 19.4. The summed E-state index contributed by atoms with van der Waals surface area (Å²) >= 11 is 0. The third-order valence-electron chi connectivity index (χ3n) is 3.43. The Kier molecular flexibility index (Phi) is 5.02. The molecule has 2 aromatic rings. The first-order valence-corrected chi connectivity index (χ1v) is 7.12. The van der Waals surface area contributed by atoms with E-state index in [9.17, 15) is 22.8 Å². The molecule has 1 N–H and O–H groups in total. The van der Waals surface area contributed by atoms with Gasteiger partial charge in [0.2, 0.25) is 0 Å². The third kappa shape index (κ3) is 3.98. The van der Waals surface area contributed by atoms with Crippen LogP contribution in [0.25, 0.3) is 0 Å². The van der Waals surface area contributed by atoms with E-state index in [1.165, 1.54) is 19.1 Å². The number of carbonyl (C=O) groups is 2. The predicted octanol–water partition coefficient (Wildman–Crippen LogP) is 3.54. The van der Waals surface area contributed by atoms with Crippen molar-refractivity contribution in [3.63, 3.8) is 0 Å². The number of hydrogen-bond acceptors (Lipinski definition) is 3. The Labute approximate surface area is 136 Å². The topological polar surface area (TPSA) is 59.1 Å². The van der Waals surface area contributed by atoms with Gasteiger partial charge in [-0.05, 0) is 38.1 Å². The summed E-state index contributed by atoms with van der Waals surface area (Å²) < 4.78 is 38.8. The largest absolute Gasteiger partial charge is 0.417 e. The van der Waals surface area contributed by atoms with Crippen LogP contribution in [0.4, 0.5) is 13.2 Å². The normalized spacial score (nSPS) is 11.2. The van der Waals surface area contributed by atoms with Gasteiger partial charge in [0.15, 0.2) is 5.78 Å². The van der Waals surface area contributed by atoms with Crippen LogP contribution in [-0.4, -0.2) is 16.7 Å².